The highest BCUT2D eigenvalue weighted by molar-refractivity contribution is 5.76. The first kappa shape index (κ1) is 13.0. The summed E-state index contributed by atoms with van der Waals surface area (Å²) in [5, 5.41) is 11.7. The number of carbonyl (C=O) groups is 1. The van der Waals surface area contributed by atoms with Crippen LogP contribution in [0.3, 0.4) is 0 Å². The van der Waals surface area contributed by atoms with Crippen LogP contribution in [0.5, 0.6) is 0 Å². The van der Waals surface area contributed by atoms with Gasteiger partial charge in [0.1, 0.15) is 6.04 Å². The lowest BCUT2D eigenvalue weighted by atomic mass is 10.1. The minimum atomic E-state index is -0.571. The molecule has 90 valence electrons. The van der Waals surface area contributed by atoms with Crippen LogP contribution in [-0.2, 0) is 4.79 Å². The third-order valence-electron chi connectivity index (χ3n) is 2.50. The molecule has 1 rings (SSSR count). The van der Waals surface area contributed by atoms with Gasteiger partial charge in [0, 0.05) is 26.2 Å². The number of benzene rings is 1. The van der Waals surface area contributed by atoms with Crippen LogP contribution in [0.1, 0.15) is 24.9 Å². The van der Waals surface area contributed by atoms with Crippen LogP contribution in [0.15, 0.2) is 24.3 Å². The van der Waals surface area contributed by atoms with E-state index in [2.05, 4.69) is 11.4 Å². The SMILES string of the molecule is CCC(=O)NC(C#N)c1ccc(N(C)C)cc1. The van der Waals surface area contributed by atoms with Gasteiger partial charge in [0.15, 0.2) is 0 Å². The minimum absolute atomic E-state index is 0.117. The average Bonchev–Trinajstić information content (AvgIpc) is 2.35. The first-order chi connectivity index (χ1) is 8.08. The number of nitriles is 1. The molecule has 0 spiro atoms. The van der Waals surface area contributed by atoms with Gasteiger partial charge in [-0.15, -0.1) is 0 Å². The van der Waals surface area contributed by atoms with Gasteiger partial charge in [0.2, 0.25) is 5.91 Å². The van der Waals surface area contributed by atoms with E-state index in [1.165, 1.54) is 0 Å². The van der Waals surface area contributed by atoms with E-state index >= 15 is 0 Å². The number of anilines is 1. The Labute approximate surface area is 102 Å². The summed E-state index contributed by atoms with van der Waals surface area (Å²) >= 11 is 0. The molecule has 0 heterocycles. The molecule has 4 heteroatoms. The number of rotatable bonds is 4. The third-order valence-corrected chi connectivity index (χ3v) is 2.50. The van der Waals surface area contributed by atoms with Crippen LogP contribution in [0, 0.1) is 11.3 Å². The van der Waals surface area contributed by atoms with Crippen molar-refractivity contribution in [3.05, 3.63) is 29.8 Å². The maximum atomic E-state index is 11.3. The molecular formula is C13H17N3O. The highest BCUT2D eigenvalue weighted by atomic mass is 16.1. The summed E-state index contributed by atoms with van der Waals surface area (Å²) in [6.07, 6.45) is 0.383. The summed E-state index contributed by atoms with van der Waals surface area (Å²) in [5.74, 6) is -0.117. The number of hydrogen-bond donors (Lipinski definition) is 1. The lowest BCUT2D eigenvalue weighted by molar-refractivity contribution is -0.121. The van der Waals surface area contributed by atoms with Crippen LogP contribution in [0.2, 0.25) is 0 Å². The van der Waals surface area contributed by atoms with Crippen molar-refractivity contribution in [2.75, 3.05) is 19.0 Å². The topological polar surface area (TPSA) is 56.1 Å². The van der Waals surface area contributed by atoms with Gasteiger partial charge in [-0.1, -0.05) is 19.1 Å². The van der Waals surface area contributed by atoms with Gasteiger partial charge < -0.3 is 10.2 Å². The quantitative estimate of drug-likeness (QED) is 0.860. The van der Waals surface area contributed by atoms with Gasteiger partial charge >= 0.3 is 0 Å². The Balaban J connectivity index is 2.83. The normalized spacial score (nSPS) is 11.4. The summed E-state index contributed by atoms with van der Waals surface area (Å²) in [4.78, 5) is 13.2. The number of nitrogens with one attached hydrogen (secondary N) is 1. The van der Waals surface area contributed by atoms with E-state index in [0.717, 1.165) is 11.3 Å². The fraction of sp³-hybridized carbons (Fsp3) is 0.385. The van der Waals surface area contributed by atoms with Crippen molar-refractivity contribution >= 4 is 11.6 Å². The number of nitrogens with zero attached hydrogens (tertiary/aromatic N) is 2. The summed E-state index contributed by atoms with van der Waals surface area (Å²) in [7, 11) is 3.91. The zero-order chi connectivity index (χ0) is 12.8. The van der Waals surface area contributed by atoms with Gasteiger partial charge in [-0.05, 0) is 17.7 Å². The zero-order valence-corrected chi connectivity index (χ0v) is 10.4. The number of amides is 1. The van der Waals surface area contributed by atoms with Crippen molar-refractivity contribution in [3.8, 4) is 6.07 Å². The highest BCUT2D eigenvalue weighted by Gasteiger charge is 2.12. The Kier molecular flexibility index (Phi) is 4.53. The molecule has 0 aromatic heterocycles. The highest BCUT2D eigenvalue weighted by Crippen LogP contribution is 2.17. The van der Waals surface area contributed by atoms with E-state index in [9.17, 15) is 4.79 Å². The van der Waals surface area contributed by atoms with Gasteiger partial charge in [-0.25, -0.2) is 0 Å². The fourth-order valence-corrected chi connectivity index (χ4v) is 1.42. The van der Waals surface area contributed by atoms with E-state index in [4.69, 9.17) is 5.26 Å². The lowest BCUT2D eigenvalue weighted by Gasteiger charge is -2.15. The molecule has 1 aromatic rings. The largest absolute Gasteiger partial charge is 0.378 e. The molecule has 1 N–H and O–H groups in total. The standard InChI is InChI=1S/C13H17N3O/c1-4-13(17)15-12(9-14)10-5-7-11(8-6-10)16(2)3/h5-8,12H,4H2,1-3H3,(H,15,17). The molecule has 1 aromatic carbocycles. The van der Waals surface area contributed by atoms with Gasteiger partial charge in [0.25, 0.3) is 0 Å². The van der Waals surface area contributed by atoms with E-state index in [0.29, 0.717) is 6.42 Å². The molecule has 0 bridgehead atoms. The predicted octanol–water partition coefficient (Wildman–Crippen LogP) is 1.84. The van der Waals surface area contributed by atoms with Crippen molar-refractivity contribution in [3.63, 3.8) is 0 Å². The summed E-state index contributed by atoms with van der Waals surface area (Å²) in [6.45, 7) is 1.76. The molecule has 0 radical (unpaired) electrons. The van der Waals surface area contributed by atoms with Gasteiger partial charge in [0.05, 0.1) is 6.07 Å². The molecule has 1 amide bonds. The first-order valence-electron chi connectivity index (χ1n) is 5.54. The summed E-state index contributed by atoms with van der Waals surface area (Å²) < 4.78 is 0. The van der Waals surface area contributed by atoms with Crippen LogP contribution in [0.25, 0.3) is 0 Å². The molecule has 1 unspecified atom stereocenters. The summed E-state index contributed by atoms with van der Waals surface area (Å²) in [5.41, 5.74) is 1.87. The third kappa shape index (κ3) is 3.49. The zero-order valence-electron chi connectivity index (χ0n) is 10.4. The molecule has 17 heavy (non-hydrogen) atoms. The second-order valence-electron chi connectivity index (χ2n) is 3.97. The fourth-order valence-electron chi connectivity index (χ4n) is 1.42. The maximum Gasteiger partial charge on any atom is 0.221 e. The Morgan fingerprint density at radius 3 is 2.41 bits per heavy atom. The smallest absolute Gasteiger partial charge is 0.221 e. The second kappa shape index (κ2) is 5.90. The predicted molar refractivity (Wildman–Crippen MR) is 67.6 cm³/mol. The van der Waals surface area contributed by atoms with E-state index in [-0.39, 0.29) is 5.91 Å². The van der Waals surface area contributed by atoms with Crippen LogP contribution in [-0.4, -0.2) is 20.0 Å². The Morgan fingerprint density at radius 1 is 1.41 bits per heavy atom. The minimum Gasteiger partial charge on any atom is -0.378 e. The van der Waals surface area contributed by atoms with E-state index in [1.807, 2.05) is 43.3 Å². The van der Waals surface area contributed by atoms with Crippen molar-refractivity contribution < 1.29 is 4.79 Å². The maximum absolute atomic E-state index is 11.3. The molecule has 0 aliphatic carbocycles. The Hall–Kier alpha value is -2.02. The van der Waals surface area contributed by atoms with Crippen molar-refractivity contribution in [1.29, 1.82) is 5.26 Å². The number of carbonyl (C=O) groups excluding carboxylic acids is 1. The molecule has 0 saturated carbocycles. The monoisotopic (exact) mass is 231 g/mol. The summed E-state index contributed by atoms with van der Waals surface area (Å²) in [6, 6.07) is 9.09. The second-order valence-corrected chi connectivity index (χ2v) is 3.97. The van der Waals surface area contributed by atoms with E-state index < -0.39 is 6.04 Å². The Morgan fingerprint density at radius 2 is 2.00 bits per heavy atom. The molecule has 0 fully saturated rings. The van der Waals surface area contributed by atoms with Gasteiger partial charge in [-0.3, -0.25) is 4.79 Å². The Bertz CT molecular complexity index is 417. The van der Waals surface area contributed by atoms with Crippen LogP contribution >= 0.6 is 0 Å². The van der Waals surface area contributed by atoms with Crippen molar-refractivity contribution in [2.24, 2.45) is 0 Å². The van der Waals surface area contributed by atoms with Crippen molar-refractivity contribution in [2.45, 2.75) is 19.4 Å². The molecule has 1 atom stereocenters. The van der Waals surface area contributed by atoms with Crippen LogP contribution < -0.4 is 10.2 Å². The number of hydrogen-bond acceptors (Lipinski definition) is 3. The molecule has 4 nitrogen and oxygen atoms in total. The van der Waals surface area contributed by atoms with E-state index in [1.54, 1.807) is 6.92 Å². The average molecular weight is 231 g/mol. The molecule has 0 aliphatic rings. The first-order valence-corrected chi connectivity index (χ1v) is 5.54. The molecule has 0 aliphatic heterocycles. The molecular weight excluding hydrogens is 214 g/mol. The van der Waals surface area contributed by atoms with Crippen LogP contribution in [0.4, 0.5) is 5.69 Å². The van der Waals surface area contributed by atoms with Gasteiger partial charge in [-0.2, -0.15) is 5.26 Å². The molecule has 0 saturated heterocycles. The van der Waals surface area contributed by atoms with Crippen molar-refractivity contribution in [1.82, 2.24) is 5.32 Å². The lowest BCUT2D eigenvalue weighted by Crippen LogP contribution is -2.26.